The van der Waals surface area contributed by atoms with E-state index in [9.17, 15) is 4.79 Å². The van der Waals surface area contributed by atoms with Gasteiger partial charge >= 0.3 is 0 Å². The average molecular weight is 370 g/mol. The van der Waals surface area contributed by atoms with Crippen LogP contribution in [-0.2, 0) is 4.74 Å². The first-order valence-corrected chi connectivity index (χ1v) is 9.09. The second-order valence-electron chi connectivity index (χ2n) is 6.30. The van der Waals surface area contributed by atoms with E-state index in [1.807, 2.05) is 35.2 Å². The summed E-state index contributed by atoms with van der Waals surface area (Å²) in [5.74, 6) is 1.62. The van der Waals surface area contributed by atoms with Crippen LogP contribution in [0.25, 0.3) is 0 Å². The zero-order chi connectivity index (χ0) is 19.1. The van der Waals surface area contributed by atoms with Crippen molar-refractivity contribution in [2.24, 2.45) is 0 Å². The molecule has 0 spiro atoms. The number of piperazine rings is 1. The summed E-state index contributed by atoms with van der Waals surface area (Å²) in [6, 6.07) is 11.6. The molecule has 7 heteroatoms. The second kappa shape index (κ2) is 9.23. The summed E-state index contributed by atoms with van der Waals surface area (Å²) in [6.45, 7) is 4.18. The minimum Gasteiger partial charge on any atom is -0.495 e. The third kappa shape index (κ3) is 4.68. The summed E-state index contributed by atoms with van der Waals surface area (Å²) in [5, 5.41) is 3.15. The lowest BCUT2D eigenvalue weighted by Crippen LogP contribution is -2.48. The maximum atomic E-state index is 12.7. The van der Waals surface area contributed by atoms with Gasteiger partial charge in [0.1, 0.15) is 11.6 Å². The molecule has 0 aliphatic carbocycles. The minimum atomic E-state index is 0.0191. The van der Waals surface area contributed by atoms with Gasteiger partial charge in [0.05, 0.1) is 25.0 Å². The number of aromatic nitrogens is 1. The third-order valence-corrected chi connectivity index (χ3v) is 4.62. The van der Waals surface area contributed by atoms with Gasteiger partial charge in [0, 0.05) is 46.0 Å². The van der Waals surface area contributed by atoms with E-state index in [-0.39, 0.29) is 5.91 Å². The highest BCUT2D eigenvalue weighted by molar-refractivity contribution is 5.94. The van der Waals surface area contributed by atoms with Crippen LogP contribution < -0.4 is 15.0 Å². The molecular weight excluding hydrogens is 344 g/mol. The summed E-state index contributed by atoms with van der Waals surface area (Å²) in [6.07, 6.45) is 1.63. The standard InChI is InChI=1S/C20H26N4O3/c1-26-14-9-21-19-8-7-16(15-22-19)20(25)24-12-10-23(11-13-24)17-5-3-4-6-18(17)27-2/h3-8,15H,9-14H2,1-2H3,(H,21,22). The molecule has 1 aromatic carbocycles. The van der Waals surface area contributed by atoms with E-state index in [0.29, 0.717) is 31.8 Å². The molecule has 27 heavy (non-hydrogen) atoms. The van der Waals surface area contributed by atoms with E-state index in [1.54, 1.807) is 20.4 Å². The Kier molecular flexibility index (Phi) is 6.49. The highest BCUT2D eigenvalue weighted by Gasteiger charge is 2.23. The van der Waals surface area contributed by atoms with Gasteiger partial charge in [-0.15, -0.1) is 0 Å². The normalized spacial score (nSPS) is 14.1. The molecular formula is C20H26N4O3. The van der Waals surface area contributed by atoms with Crippen molar-refractivity contribution in [3.05, 3.63) is 48.2 Å². The lowest BCUT2D eigenvalue weighted by atomic mass is 10.2. The Labute approximate surface area is 159 Å². The number of nitrogens with one attached hydrogen (secondary N) is 1. The molecule has 0 radical (unpaired) electrons. The SMILES string of the molecule is COCCNc1ccc(C(=O)N2CCN(c3ccccc3OC)CC2)cn1. The lowest BCUT2D eigenvalue weighted by molar-refractivity contribution is 0.0746. The number of anilines is 2. The van der Waals surface area contributed by atoms with E-state index >= 15 is 0 Å². The highest BCUT2D eigenvalue weighted by atomic mass is 16.5. The van der Waals surface area contributed by atoms with Crippen LogP contribution in [0, 0.1) is 0 Å². The molecule has 2 heterocycles. The Hall–Kier alpha value is -2.80. The number of amides is 1. The third-order valence-electron chi connectivity index (χ3n) is 4.62. The first-order chi connectivity index (χ1) is 13.2. The topological polar surface area (TPSA) is 66.9 Å². The number of benzene rings is 1. The van der Waals surface area contributed by atoms with Gasteiger partial charge in [-0.2, -0.15) is 0 Å². The molecule has 3 rings (SSSR count). The van der Waals surface area contributed by atoms with E-state index in [4.69, 9.17) is 9.47 Å². The lowest BCUT2D eigenvalue weighted by Gasteiger charge is -2.36. The molecule has 144 valence electrons. The molecule has 1 amide bonds. The Balaban J connectivity index is 1.56. The van der Waals surface area contributed by atoms with Gasteiger partial charge in [0.15, 0.2) is 0 Å². The zero-order valence-corrected chi connectivity index (χ0v) is 15.9. The average Bonchev–Trinajstić information content (AvgIpc) is 2.74. The summed E-state index contributed by atoms with van der Waals surface area (Å²) in [7, 11) is 3.34. The van der Waals surface area contributed by atoms with Crippen LogP contribution in [0.2, 0.25) is 0 Å². The molecule has 1 aliphatic rings. The highest BCUT2D eigenvalue weighted by Crippen LogP contribution is 2.28. The Morgan fingerprint density at radius 3 is 2.56 bits per heavy atom. The monoisotopic (exact) mass is 370 g/mol. The van der Waals surface area contributed by atoms with E-state index in [1.165, 1.54) is 0 Å². The summed E-state index contributed by atoms with van der Waals surface area (Å²) in [5.41, 5.74) is 1.68. The zero-order valence-electron chi connectivity index (χ0n) is 15.9. The number of ether oxygens (including phenoxy) is 2. The van der Waals surface area contributed by atoms with Gasteiger partial charge in [-0.25, -0.2) is 4.98 Å². The summed E-state index contributed by atoms with van der Waals surface area (Å²) in [4.78, 5) is 21.2. The van der Waals surface area contributed by atoms with Crippen molar-refractivity contribution in [2.75, 3.05) is 63.8 Å². The van der Waals surface area contributed by atoms with Crippen molar-refractivity contribution in [3.8, 4) is 5.75 Å². The van der Waals surface area contributed by atoms with E-state index in [2.05, 4.69) is 21.3 Å². The van der Waals surface area contributed by atoms with Crippen LogP contribution in [0.3, 0.4) is 0 Å². The predicted molar refractivity (Wildman–Crippen MR) is 106 cm³/mol. The fourth-order valence-corrected chi connectivity index (χ4v) is 3.13. The first kappa shape index (κ1) is 19.0. The van der Waals surface area contributed by atoms with Crippen LogP contribution in [0.4, 0.5) is 11.5 Å². The fraction of sp³-hybridized carbons (Fsp3) is 0.400. The summed E-state index contributed by atoms with van der Waals surface area (Å²) < 4.78 is 10.4. The molecule has 1 aliphatic heterocycles. The number of carbonyl (C=O) groups is 1. The smallest absolute Gasteiger partial charge is 0.255 e. The molecule has 0 unspecified atom stereocenters. The van der Waals surface area contributed by atoms with Crippen molar-refractivity contribution in [2.45, 2.75) is 0 Å². The molecule has 2 aromatic rings. The number of hydrogen-bond acceptors (Lipinski definition) is 6. The molecule has 7 nitrogen and oxygen atoms in total. The number of pyridine rings is 1. The van der Waals surface area contributed by atoms with Gasteiger partial charge in [-0.3, -0.25) is 4.79 Å². The number of hydrogen-bond donors (Lipinski definition) is 1. The van der Waals surface area contributed by atoms with Crippen LogP contribution >= 0.6 is 0 Å². The number of para-hydroxylation sites is 2. The van der Waals surface area contributed by atoms with Crippen molar-refractivity contribution in [1.82, 2.24) is 9.88 Å². The second-order valence-corrected chi connectivity index (χ2v) is 6.30. The maximum Gasteiger partial charge on any atom is 0.255 e. The van der Waals surface area contributed by atoms with Gasteiger partial charge in [-0.1, -0.05) is 12.1 Å². The van der Waals surface area contributed by atoms with Crippen LogP contribution in [0.5, 0.6) is 5.75 Å². The predicted octanol–water partition coefficient (Wildman–Crippen LogP) is 2.11. The van der Waals surface area contributed by atoms with Gasteiger partial charge in [0.25, 0.3) is 5.91 Å². The number of carbonyl (C=O) groups excluding carboxylic acids is 1. The number of methoxy groups -OCH3 is 2. The van der Waals surface area contributed by atoms with Gasteiger partial charge in [0.2, 0.25) is 0 Å². The number of rotatable bonds is 7. The first-order valence-electron chi connectivity index (χ1n) is 9.09. The molecule has 1 aromatic heterocycles. The van der Waals surface area contributed by atoms with Crippen molar-refractivity contribution in [1.29, 1.82) is 0 Å². The minimum absolute atomic E-state index is 0.0191. The molecule has 1 fully saturated rings. The van der Waals surface area contributed by atoms with Crippen molar-refractivity contribution < 1.29 is 14.3 Å². The van der Waals surface area contributed by atoms with Crippen molar-refractivity contribution >= 4 is 17.4 Å². The quantitative estimate of drug-likeness (QED) is 0.753. The van der Waals surface area contributed by atoms with Crippen molar-refractivity contribution in [3.63, 3.8) is 0 Å². The molecule has 0 bridgehead atoms. The van der Waals surface area contributed by atoms with Gasteiger partial charge in [-0.05, 0) is 24.3 Å². The Morgan fingerprint density at radius 2 is 1.89 bits per heavy atom. The Morgan fingerprint density at radius 1 is 1.11 bits per heavy atom. The van der Waals surface area contributed by atoms with E-state index in [0.717, 1.165) is 30.3 Å². The van der Waals surface area contributed by atoms with Crippen LogP contribution in [-0.4, -0.2) is 69.3 Å². The van der Waals surface area contributed by atoms with Crippen LogP contribution in [0.15, 0.2) is 42.6 Å². The Bertz CT molecular complexity index is 743. The molecule has 0 atom stereocenters. The molecule has 1 saturated heterocycles. The largest absolute Gasteiger partial charge is 0.495 e. The maximum absolute atomic E-state index is 12.7. The number of nitrogens with zero attached hydrogens (tertiary/aromatic N) is 3. The van der Waals surface area contributed by atoms with Crippen LogP contribution in [0.1, 0.15) is 10.4 Å². The summed E-state index contributed by atoms with van der Waals surface area (Å²) >= 11 is 0. The molecule has 1 N–H and O–H groups in total. The fourth-order valence-electron chi connectivity index (χ4n) is 3.13. The molecule has 0 saturated carbocycles. The van der Waals surface area contributed by atoms with Gasteiger partial charge < -0.3 is 24.6 Å². The van der Waals surface area contributed by atoms with E-state index < -0.39 is 0 Å².